The Morgan fingerprint density at radius 3 is 2.64 bits per heavy atom. The molecule has 1 aromatic heterocycles. The largest absolute Gasteiger partial charge is 0.469 e. The van der Waals surface area contributed by atoms with E-state index in [1.54, 1.807) is 4.57 Å². The van der Waals surface area contributed by atoms with E-state index >= 15 is 0 Å². The van der Waals surface area contributed by atoms with Crippen molar-refractivity contribution in [2.45, 2.75) is 25.4 Å². The molecule has 2 heterocycles. The molecule has 0 bridgehead atoms. The van der Waals surface area contributed by atoms with Crippen LogP contribution in [0.4, 0.5) is 4.79 Å². The topological polar surface area (TPSA) is 77.8 Å². The van der Waals surface area contributed by atoms with Crippen molar-refractivity contribution in [2.75, 3.05) is 14.2 Å². The molecule has 1 aliphatic heterocycles. The van der Waals surface area contributed by atoms with E-state index in [4.69, 9.17) is 4.74 Å². The average Bonchev–Trinajstić information content (AvgIpc) is 3.11. The van der Waals surface area contributed by atoms with Crippen LogP contribution >= 0.6 is 15.9 Å². The van der Waals surface area contributed by atoms with E-state index in [0.29, 0.717) is 0 Å². The maximum absolute atomic E-state index is 12.9. The van der Waals surface area contributed by atoms with Gasteiger partial charge in [0.2, 0.25) is 0 Å². The monoisotopic (exact) mass is 408 g/mol. The molecule has 7 nitrogen and oxygen atoms in total. The van der Waals surface area contributed by atoms with Gasteiger partial charge in [-0.05, 0) is 28.4 Å². The highest BCUT2D eigenvalue weighted by molar-refractivity contribution is 9.10. The normalized spacial score (nSPS) is 14.5. The highest BCUT2D eigenvalue weighted by Gasteiger charge is 2.39. The lowest BCUT2D eigenvalue weighted by molar-refractivity contribution is -0.147. The lowest BCUT2D eigenvalue weighted by Gasteiger charge is -2.24. The van der Waals surface area contributed by atoms with Gasteiger partial charge in [0, 0.05) is 16.3 Å². The highest BCUT2D eigenvalue weighted by Crippen LogP contribution is 2.36. The first-order valence-corrected chi connectivity index (χ1v) is 8.52. The van der Waals surface area contributed by atoms with Crippen molar-refractivity contribution in [1.82, 2.24) is 9.47 Å². The molecule has 0 fully saturated rings. The molecule has 0 aliphatic carbocycles. The van der Waals surface area contributed by atoms with E-state index in [2.05, 4.69) is 20.7 Å². The Morgan fingerprint density at radius 2 is 1.96 bits per heavy atom. The molecular weight excluding hydrogens is 392 g/mol. The zero-order valence-corrected chi connectivity index (χ0v) is 15.4. The van der Waals surface area contributed by atoms with Crippen LogP contribution in [0.25, 0.3) is 10.9 Å². The van der Waals surface area contributed by atoms with Crippen molar-refractivity contribution in [3.05, 3.63) is 34.4 Å². The molecule has 0 N–H and O–H groups in total. The first-order valence-electron chi connectivity index (χ1n) is 7.73. The molecule has 1 unspecified atom stereocenters. The molecule has 132 valence electrons. The molecule has 1 aliphatic rings. The van der Waals surface area contributed by atoms with Crippen LogP contribution in [0, 0.1) is 0 Å². The van der Waals surface area contributed by atoms with Crippen LogP contribution in [0.2, 0.25) is 0 Å². The minimum atomic E-state index is -0.845. The molecule has 3 rings (SSSR count). The van der Waals surface area contributed by atoms with Crippen molar-refractivity contribution in [2.24, 2.45) is 0 Å². The smallest absolute Gasteiger partial charge is 0.330 e. The average molecular weight is 409 g/mol. The molecular formula is C17H17BrN2O5. The number of para-hydroxylation sites is 1. The number of hydrogen-bond acceptors (Lipinski definition) is 5. The Hall–Kier alpha value is -2.35. The van der Waals surface area contributed by atoms with E-state index < -0.39 is 18.0 Å². The Balaban J connectivity index is 1.94. The second-order valence-corrected chi connectivity index (χ2v) is 6.47. The summed E-state index contributed by atoms with van der Waals surface area (Å²) in [5, 5.41) is 0.940. The van der Waals surface area contributed by atoms with Gasteiger partial charge >= 0.3 is 18.0 Å². The molecule has 1 amide bonds. The number of rotatable bonds is 5. The number of aromatic nitrogens is 1. The van der Waals surface area contributed by atoms with Gasteiger partial charge in [0.05, 0.1) is 32.0 Å². The second kappa shape index (κ2) is 6.87. The van der Waals surface area contributed by atoms with E-state index in [9.17, 15) is 14.4 Å². The van der Waals surface area contributed by atoms with E-state index in [1.165, 1.54) is 19.1 Å². The van der Waals surface area contributed by atoms with Gasteiger partial charge in [0.15, 0.2) is 0 Å². The van der Waals surface area contributed by atoms with Gasteiger partial charge < -0.3 is 14.4 Å². The third kappa shape index (κ3) is 2.90. The molecule has 0 saturated heterocycles. The van der Waals surface area contributed by atoms with Gasteiger partial charge in [0.25, 0.3) is 0 Å². The number of carbonyl (C=O) groups excluding carboxylic acids is 3. The van der Waals surface area contributed by atoms with Crippen molar-refractivity contribution in [3.8, 4) is 0 Å². The van der Waals surface area contributed by atoms with Gasteiger partial charge in [-0.3, -0.25) is 9.36 Å². The van der Waals surface area contributed by atoms with Crippen LogP contribution in [0.3, 0.4) is 0 Å². The van der Waals surface area contributed by atoms with E-state index in [0.717, 1.165) is 21.1 Å². The zero-order valence-electron chi connectivity index (χ0n) is 13.8. The number of halogens is 1. The van der Waals surface area contributed by atoms with Crippen LogP contribution in [-0.4, -0.2) is 47.7 Å². The summed E-state index contributed by atoms with van der Waals surface area (Å²) in [5.74, 6) is -0.991. The number of carbonyl (C=O) groups is 3. The fraction of sp³-hybridized carbons (Fsp3) is 0.353. The summed E-state index contributed by atoms with van der Waals surface area (Å²) >= 11 is 3.54. The third-order valence-corrected chi connectivity index (χ3v) is 5.25. The Bertz CT molecular complexity index is 860. The number of amides is 1. The Kier molecular flexibility index (Phi) is 4.80. The molecule has 25 heavy (non-hydrogen) atoms. The molecule has 0 spiro atoms. The van der Waals surface area contributed by atoms with Gasteiger partial charge in [-0.2, -0.15) is 0 Å². The van der Waals surface area contributed by atoms with Crippen LogP contribution in [0.5, 0.6) is 0 Å². The van der Waals surface area contributed by atoms with Crippen LogP contribution in [0.15, 0.2) is 28.7 Å². The first-order chi connectivity index (χ1) is 12.0. The summed E-state index contributed by atoms with van der Waals surface area (Å²) in [6.07, 6.45) is 0.169. The number of hydrogen-bond donors (Lipinski definition) is 0. The fourth-order valence-electron chi connectivity index (χ4n) is 3.11. The second-order valence-electron chi connectivity index (χ2n) is 5.68. The van der Waals surface area contributed by atoms with E-state index in [1.807, 2.05) is 24.3 Å². The van der Waals surface area contributed by atoms with Gasteiger partial charge in [0.1, 0.15) is 6.04 Å². The number of benzene rings is 1. The molecule has 0 saturated carbocycles. The number of methoxy groups -OCH3 is 2. The standard InChI is InChI=1S/C17H17BrN2O5/c1-24-14(21)8-7-12(16(22)25-2)19-9-13-15(18)10-5-3-4-6-11(10)20(13)17(19)23/h3-6,12H,7-9H2,1-2H3. The summed E-state index contributed by atoms with van der Waals surface area (Å²) in [5.41, 5.74) is 1.55. The third-order valence-electron chi connectivity index (χ3n) is 4.36. The molecule has 2 aromatic rings. The van der Waals surface area contributed by atoms with Gasteiger partial charge in [-0.25, -0.2) is 9.59 Å². The number of nitrogens with zero attached hydrogens (tertiary/aromatic N) is 2. The number of esters is 2. The summed E-state index contributed by atoms with van der Waals surface area (Å²) in [4.78, 5) is 38.0. The lowest BCUT2D eigenvalue weighted by Crippen LogP contribution is -2.43. The molecule has 0 radical (unpaired) electrons. The lowest BCUT2D eigenvalue weighted by atomic mass is 10.1. The minimum Gasteiger partial charge on any atom is -0.469 e. The first kappa shape index (κ1) is 17.5. The number of fused-ring (bicyclic) bond motifs is 3. The zero-order chi connectivity index (χ0) is 18.1. The minimum absolute atomic E-state index is 0.0247. The Labute approximate surface area is 152 Å². The van der Waals surface area contributed by atoms with Gasteiger partial charge in [-0.1, -0.05) is 18.2 Å². The molecule has 8 heteroatoms. The summed E-state index contributed by atoms with van der Waals surface area (Å²) in [6, 6.07) is 6.38. The summed E-state index contributed by atoms with van der Waals surface area (Å²) < 4.78 is 11.9. The van der Waals surface area contributed by atoms with E-state index in [-0.39, 0.29) is 25.4 Å². The van der Waals surface area contributed by atoms with Crippen LogP contribution < -0.4 is 0 Å². The summed E-state index contributed by atoms with van der Waals surface area (Å²) in [6.45, 7) is 0.259. The maximum Gasteiger partial charge on any atom is 0.330 e. The fourth-order valence-corrected chi connectivity index (χ4v) is 3.74. The van der Waals surface area contributed by atoms with Crippen molar-refractivity contribution < 1.29 is 23.9 Å². The predicted octanol–water partition coefficient (Wildman–Crippen LogP) is 2.68. The maximum atomic E-state index is 12.9. The van der Waals surface area contributed by atoms with Crippen molar-refractivity contribution in [1.29, 1.82) is 0 Å². The highest BCUT2D eigenvalue weighted by atomic mass is 79.9. The Morgan fingerprint density at radius 1 is 1.24 bits per heavy atom. The molecule has 1 atom stereocenters. The van der Waals surface area contributed by atoms with Crippen molar-refractivity contribution in [3.63, 3.8) is 0 Å². The van der Waals surface area contributed by atoms with Crippen molar-refractivity contribution >= 4 is 44.8 Å². The predicted molar refractivity (Wildman–Crippen MR) is 93.0 cm³/mol. The summed E-state index contributed by atoms with van der Waals surface area (Å²) in [7, 11) is 2.55. The quantitative estimate of drug-likeness (QED) is 0.710. The number of ether oxygens (including phenoxy) is 2. The molecule has 1 aromatic carbocycles. The van der Waals surface area contributed by atoms with Crippen LogP contribution in [-0.2, 0) is 25.6 Å². The van der Waals surface area contributed by atoms with Crippen LogP contribution in [0.1, 0.15) is 18.5 Å². The SMILES string of the molecule is COC(=O)CCC(C(=O)OC)N1Cc2c(Br)c3ccccc3n2C1=O. The van der Waals surface area contributed by atoms with Gasteiger partial charge in [-0.15, -0.1) is 0 Å².